The first-order valence-electron chi connectivity index (χ1n) is 8.48. The van der Waals surface area contributed by atoms with Gasteiger partial charge in [-0.2, -0.15) is 5.10 Å². The standard InChI is InChI=1S/C16H30BN3O3/c1-6-19-9-7-14(8-10-19)20-12-13(11-18-20)17(22)23-16(4,5)15(2,3)21/h11-12,14,21-22H,6-10H2,1-5H3. The van der Waals surface area contributed by atoms with E-state index in [4.69, 9.17) is 4.65 Å². The summed E-state index contributed by atoms with van der Waals surface area (Å²) in [5, 5.41) is 24.9. The largest absolute Gasteiger partial charge is 0.494 e. The summed E-state index contributed by atoms with van der Waals surface area (Å²) >= 11 is 0. The lowest BCUT2D eigenvalue weighted by molar-refractivity contribution is -0.0982. The van der Waals surface area contributed by atoms with Gasteiger partial charge in [-0.15, -0.1) is 0 Å². The van der Waals surface area contributed by atoms with Crippen molar-refractivity contribution < 1.29 is 14.8 Å². The summed E-state index contributed by atoms with van der Waals surface area (Å²) < 4.78 is 7.60. The number of aromatic nitrogens is 2. The molecule has 0 radical (unpaired) electrons. The highest BCUT2D eigenvalue weighted by Gasteiger charge is 2.40. The average Bonchev–Trinajstić information content (AvgIpc) is 2.95. The van der Waals surface area contributed by atoms with Gasteiger partial charge in [0, 0.05) is 30.9 Å². The third-order valence-corrected chi connectivity index (χ3v) is 5.16. The highest BCUT2D eigenvalue weighted by Crippen LogP contribution is 2.25. The van der Waals surface area contributed by atoms with Crippen LogP contribution in [0.4, 0.5) is 0 Å². The molecule has 23 heavy (non-hydrogen) atoms. The van der Waals surface area contributed by atoms with E-state index in [0.717, 1.165) is 32.5 Å². The van der Waals surface area contributed by atoms with E-state index in [1.807, 2.05) is 10.9 Å². The Balaban J connectivity index is 1.99. The Hall–Kier alpha value is -0.885. The van der Waals surface area contributed by atoms with Gasteiger partial charge in [0.05, 0.1) is 17.2 Å². The third kappa shape index (κ3) is 4.35. The molecule has 0 aliphatic carbocycles. The van der Waals surface area contributed by atoms with E-state index in [1.54, 1.807) is 33.9 Å². The van der Waals surface area contributed by atoms with Crippen molar-refractivity contribution in [3.8, 4) is 0 Å². The van der Waals surface area contributed by atoms with Gasteiger partial charge in [0.2, 0.25) is 0 Å². The van der Waals surface area contributed by atoms with Crippen molar-refractivity contribution in [2.75, 3.05) is 19.6 Å². The van der Waals surface area contributed by atoms with Gasteiger partial charge < -0.3 is 19.7 Å². The number of likely N-dealkylation sites (tertiary alicyclic amines) is 1. The quantitative estimate of drug-likeness (QED) is 0.758. The zero-order valence-corrected chi connectivity index (χ0v) is 15.0. The zero-order chi connectivity index (χ0) is 17.3. The Kier molecular flexibility index (Phi) is 5.56. The van der Waals surface area contributed by atoms with Crippen molar-refractivity contribution in [2.45, 2.75) is 64.7 Å². The van der Waals surface area contributed by atoms with Crippen LogP contribution in [0.3, 0.4) is 0 Å². The van der Waals surface area contributed by atoms with Crippen molar-refractivity contribution >= 4 is 12.6 Å². The van der Waals surface area contributed by atoms with Crippen molar-refractivity contribution in [1.82, 2.24) is 14.7 Å². The average molecular weight is 323 g/mol. The maximum absolute atomic E-state index is 10.3. The van der Waals surface area contributed by atoms with Crippen LogP contribution >= 0.6 is 0 Å². The fraction of sp³-hybridized carbons (Fsp3) is 0.812. The fourth-order valence-corrected chi connectivity index (χ4v) is 2.67. The van der Waals surface area contributed by atoms with E-state index in [0.29, 0.717) is 11.5 Å². The molecule has 0 atom stereocenters. The minimum absolute atomic E-state index is 0.376. The summed E-state index contributed by atoms with van der Waals surface area (Å²) in [7, 11) is -1.10. The highest BCUT2D eigenvalue weighted by atomic mass is 16.5. The Labute approximate surface area is 139 Å². The lowest BCUT2D eigenvalue weighted by Gasteiger charge is -2.38. The maximum atomic E-state index is 10.3. The number of aliphatic hydroxyl groups is 1. The molecule has 1 aliphatic rings. The molecule has 2 heterocycles. The van der Waals surface area contributed by atoms with Crippen LogP contribution in [0.1, 0.15) is 53.5 Å². The molecule has 1 aromatic heterocycles. The van der Waals surface area contributed by atoms with Crippen LogP contribution < -0.4 is 5.46 Å². The van der Waals surface area contributed by atoms with Crippen LogP contribution in [-0.4, -0.2) is 62.8 Å². The lowest BCUT2D eigenvalue weighted by atomic mass is 9.78. The summed E-state index contributed by atoms with van der Waals surface area (Å²) in [6, 6.07) is 0.376. The van der Waals surface area contributed by atoms with Crippen LogP contribution in [0, 0.1) is 0 Å². The predicted octanol–water partition coefficient (Wildman–Crippen LogP) is 0.793. The molecule has 1 saturated heterocycles. The molecule has 0 unspecified atom stereocenters. The minimum Gasteiger partial charge on any atom is -0.423 e. The van der Waals surface area contributed by atoms with Crippen LogP contribution in [0.25, 0.3) is 0 Å². The normalized spacial score (nSPS) is 18.4. The molecule has 1 fully saturated rings. The number of rotatable bonds is 6. The van der Waals surface area contributed by atoms with Crippen LogP contribution in [0.15, 0.2) is 12.4 Å². The molecule has 1 aromatic rings. The number of hydrogen-bond acceptors (Lipinski definition) is 5. The zero-order valence-electron chi connectivity index (χ0n) is 15.0. The molecule has 0 spiro atoms. The van der Waals surface area contributed by atoms with Crippen molar-refractivity contribution in [3.05, 3.63) is 12.4 Å². The molecule has 2 rings (SSSR count). The van der Waals surface area contributed by atoms with Gasteiger partial charge in [0.1, 0.15) is 0 Å². The Morgan fingerprint density at radius 3 is 2.43 bits per heavy atom. The van der Waals surface area contributed by atoms with Gasteiger partial charge >= 0.3 is 7.12 Å². The van der Waals surface area contributed by atoms with Gasteiger partial charge in [-0.05, 0) is 47.1 Å². The first-order valence-corrected chi connectivity index (χ1v) is 8.48. The van der Waals surface area contributed by atoms with E-state index in [1.165, 1.54) is 0 Å². The first kappa shape index (κ1) is 18.5. The lowest BCUT2D eigenvalue weighted by Crippen LogP contribution is -2.53. The van der Waals surface area contributed by atoms with Crippen LogP contribution in [-0.2, 0) is 4.65 Å². The van der Waals surface area contributed by atoms with Crippen molar-refractivity contribution in [3.63, 3.8) is 0 Å². The second-order valence-electron chi connectivity index (χ2n) is 7.46. The molecule has 6 nitrogen and oxygen atoms in total. The van der Waals surface area contributed by atoms with E-state index in [-0.39, 0.29) is 0 Å². The molecule has 0 aromatic carbocycles. The Bertz CT molecular complexity index is 505. The molecule has 1 aliphatic heterocycles. The molecule has 0 bridgehead atoms. The highest BCUT2D eigenvalue weighted by molar-refractivity contribution is 6.59. The molecular weight excluding hydrogens is 293 g/mol. The van der Waals surface area contributed by atoms with Gasteiger partial charge in [-0.1, -0.05) is 6.92 Å². The summed E-state index contributed by atoms with van der Waals surface area (Å²) in [6.07, 6.45) is 5.65. The summed E-state index contributed by atoms with van der Waals surface area (Å²) in [5.74, 6) is 0. The summed E-state index contributed by atoms with van der Waals surface area (Å²) in [5.41, 5.74) is -1.31. The number of piperidine rings is 1. The molecular formula is C16H30BN3O3. The second kappa shape index (κ2) is 6.93. The SMILES string of the molecule is CCN1CCC(n2cc(B(O)OC(C)(C)C(C)(C)O)cn2)CC1. The number of nitrogens with zero attached hydrogens (tertiary/aromatic N) is 3. The number of hydrogen-bond donors (Lipinski definition) is 2. The predicted molar refractivity (Wildman–Crippen MR) is 91.7 cm³/mol. The van der Waals surface area contributed by atoms with E-state index >= 15 is 0 Å². The monoisotopic (exact) mass is 323 g/mol. The van der Waals surface area contributed by atoms with Crippen molar-refractivity contribution in [1.29, 1.82) is 0 Å². The molecule has 0 amide bonds. The molecule has 2 N–H and O–H groups in total. The van der Waals surface area contributed by atoms with E-state index in [9.17, 15) is 10.1 Å². The Morgan fingerprint density at radius 1 is 1.30 bits per heavy atom. The second-order valence-corrected chi connectivity index (χ2v) is 7.46. The Morgan fingerprint density at radius 2 is 1.91 bits per heavy atom. The molecule has 7 heteroatoms. The summed E-state index contributed by atoms with van der Waals surface area (Å²) in [4.78, 5) is 2.44. The molecule has 0 saturated carbocycles. The molecule has 130 valence electrons. The van der Waals surface area contributed by atoms with Gasteiger partial charge in [-0.3, -0.25) is 4.68 Å². The smallest absolute Gasteiger partial charge is 0.423 e. The summed E-state index contributed by atoms with van der Waals surface area (Å²) in [6.45, 7) is 12.3. The van der Waals surface area contributed by atoms with Gasteiger partial charge in [0.15, 0.2) is 0 Å². The fourth-order valence-electron chi connectivity index (χ4n) is 2.67. The first-order chi connectivity index (χ1) is 10.6. The van der Waals surface area contributed by atoms with Crippen LogP contribution in [0.5, 0.6) is 0 Å². The van der Waals surface area contributed by atoms with E-state index < -0.39 is 18.3 Å². The topological polar surface area (TPSA) is 70.8 Å². The van der Waals surface area contributed by atoms with E-state index in [2.05, 4.69) is 16.9 Å². The maximum Gasteiger partial charge on any atom is 0.494 e. The van der Waals surface area contributed by atoms with Gasteiger partial charge in [0.25, 0.3) is 0 Å². The van der Waals surface area contributed by atoms with Gasteiger partial charge in [-0.25, -0.2) is 0 Å². The third-order valence-electron chi connectivity index (χ3n) is 5.16. The van der Waals surface area contributed by atoms with Crippen LogP contribution in [0.2, 0.25) is 0 Å². The van der Waals surface area contributed by atoms with Crippen molar-refractivity contribution in [2.24, 2.45) is 0 Å². The minimum atomic E-state index is -1.10.